The lowest BCUT2D eigenvalue weighted by atomic mass is 10.2. The Kier molecular flexibility index (Phi) is 13.9. The van der Waals surface area contributed by atoms with Crippen LogP contribution in [0.4, 0.5) is 0 Å². The van der Waals surface area contributed by atoms with Crippen molar-refractivity contribution in [3.05, 3.63) is 0 Å². The minimum absolute atomic E-state index is 0.00619. The Labute approximate surface area is 173 Å². The summed E-state index contributed by atoms with van der Waals surface area (Å²) >= 11 is 0. The van der Waals surface area contributed by atoms with Crippen LogP contribution in [0, 0.1) is 0 Å². The second-order valence-corrected chi connectivity index (χ2v) is 9.96. The van der Waals surface area contributed by atoms with Gasteiger partial charge in [0, 0.05) is 0 Å². The Hall–Kier alpha value is -0.760. The Bertz CT molecular complexity index is 525. The maximum Gasteiger partial charge on any atom is 0.344 e. The molecule has 0 spiro atoms. The first-order valence-corrected chi connectivity index (χ1v) is 13.0. The van der Waals surface area contributed by atoms with Crippen molar-refractivity contribution >= 4 is 27.1 Å². The fourth-order valence-corrected chi connectivity index (χ4v) is 6.63. The number of hydrogen-bond donors (Lipinski definition) is 0. The maximum atomic E-state index is 13.3. The van der Waals surface area contributed by atoms with Crippen molar-refractivity contribution in [3.8, 4) is 0 Å². The van der Waals surface area contributed by atoms with E-state index >= 15 is 0 Å². The monoisotopic (exact) mass is 460 g/mol. The Morgan fingerprint density at radius 1 is 0.586 bits per heavy atom. The fourth-order valence-electron chi connectivity index (χ4n) is 2.55. The van der Waals surface area contributed by atoms with Gasteiger partial charge in [-0.25, -0.2) is 0 Å². The second kappa shape index (κ2) is 14.3. The average molecular weight is 460 g/mol. The zero-order chi connectivity index (χ0) is 22.5. The van der Waals surface area contributed by atoms with Crippen molar-refractivity contribution < 1.29 is 46.3 Å². The second-order valence-electron chi connectivity index (χ2n) is 5.52. The molecule has 0 amide bonds. The molecule has 0 radical (unpaired) electrons. The van der Waals surface area contributed by atoms with E-state index in [1.165, 1.54) is 0 Å². The molecule has 29 heavy (non-hydrogen) atoms. The van der Waals surface area contributed by atoms with Gasteiger partial charge in [0.05, 0.1) is 39.6 Å². The molecular formula is C17H34O10P2. The van der Waals surface area contributed by atoms with E-state index in [0.29, 0.717) is 0 Å². The molecule has 0 aliphatic heterocycles. The SMILES string of the molecule is CCOC(=O)C(CC(C(=O)OCC)P(=O)(OCC)OCC)P(=O)(OCC)OCC. The van der Waals surface area contributed by atoms with E-state index in [0.717, 1.165) is 0 Å². The standard InChI is InChI=1S/C17H34O10P2/c1-7-22-16(18)14(28(20,24-9-3)25-10-4)13-15(17(19)23-8-2)29(21,26-11-5)27-12-6/h14-15H,7-13H2,1-6H3. The summed E-state index contributed by atoms with van der Waals surface area (Å²) < 4.78 is 57.8. The van der Waals surface area contributed by atoms with Gasteiger partial charge in [-0.2, -0.15) is 0 Å². The van der Waals surface area contributed by atoms with Gasteiger partial charge < -0.3 is 27.6 Å². The van der Waals surface area contributed by atoms with Gasteiger partial charge in [0.2, 0.25) is 0 Å². The van der Waals surface area contributed by atoms with Crippen molar-refractivity contribution in [2.75, 3.05) is 39.6 Å². The summed E-state index contributed by atoms with van der Waals surface area (Å²) in [7, 11) is -8.10. The van der Waals surface area contributed by atoms with Gasteiger partial charge in [-0.05, 0) is 48.0 Å². The van der Waals surface area contributed by atoms with Gasteiger partial charge in [0.1, 0.15) is 0 Å². The van der Waals surface area contributed by atoms with E-state index in [1.807, 2.05) is 0 Å². The van der Waals surface area contributed by atoms with E-state index in [4.69, 9.17) is 27.6 Å². The van der Waals surface area contributed by atoms with Crippen molar-refractivity contribution in [1.29, 1.82) is 0 Å². The van der Waals surface area contributed by atoms with Crippen LogP contribution in [0.15, 0.2) is 0 Å². The first-order chi connectivity index (χ1) is 13.7. The summed E-state index contributed by atoms with van der Waals surface area (Å²) in [6.07, 6.45) is -0.508. The molecule has 0 heterocycles. The molecule has 0 N–H and O–H groups in total. The molecule has 0 saturated carbocycles. The third-order valence-electron chi connectivity index (χ3n) is 3.56. The first-order valence-electron chi connectivity index (χ1n) is 9.80. The molecule has 2 atom stereocenters. The van der Waals surface area contributed by atoms with Crippen molar-refractivity contribution in [2.24, 2.45) is 0 Å². The van der Waals surface area contributed by atoms with E-state index in [1.54, 1.807) is 41.5 Å². The molecule has 2 unspecified atom stereocenters. The normalized spacial score (nSPS) is 14.3. The summed E-state index contributed by atoms with van der Waals surface area (Å²) in [4.78, 5) is 25.2. The minimum Gasteiger partial charge on any atom is -0.465 e. The molecule has 0 aromatic carbocycles. The lowest BCUT2D eigenvalue weighted by Gasteiger charge is -2.30. The number of rotatable bonds is 16. The number of carbonyl (C=O) groups is 2. The summed E-state index contributed by atoms with van der Waals surface area (Å²) in [5.41, 5.74) is -3.02. The van der Waals surface area contributed by atoms with Crippen LogP contribution < -0.4 is 0 Å². The topological polar surface area (TPSA) is 124 Å². The molecule has 10 nitrogen and oxygen atoms in total. The first kappa shape index (κ1) is 28.2. The van der Waals surface area contributed by atoms with E-state index in [2.05, 4.69) is 0 Å². The van der Waals surface area contributed by atoms with Crippen LogP contribution >= 0.6 is 15.2 Å². The summed E-state index contributed by atoms with van der Waals surface area (Å²) in [5.74, 6) is -1.79. The highest BCUT2D eigenvalue weighted by atomic mass is 31.2. The molecule has 12 heteroatoms. The fraction of sp³-hybridized carbons (Fsp3) is 0.882. The van der Waals surface area contributed by atoms with Crippen LogP contribution in [-0.4, -0.2) is 62.9 Å². The minimum atomic E-state index is -4.05. The van der Waals surface area contributed by atoms with Gasteiger partial charge in [-0.3, -0.25) is 18.7 Å². The Morgan fingerprint density at radius 2 is 0.862 bits per heavy atom. The highest BCUT2D eigenvalue weighted by Crippen LogP contribution is 2.60. The molecule has 0 aliphatic carbocycles. The Morgan fingerprint density at radius 3 is 1.07 bits per heavy atom. The molecule has 0 aromatic heterocycles. The molecule has 0 aliphatic rings. The summed E-state index contributed by atoms with van der Waals surface area (Å²) in [6.45, 7) is 9.48. The molecular weight excluding hydrogens is 426 g/mol. The number of hydrogen-bond acceptors (Lipinski definition) is 10. The van der Waals surface area contributed by atoms with Gasteiger partial charge in [-0.15, -0.1) is 0 Å². The molecule has 0 fully saturated rings. The third-order valence-corrected chi connectivity index (χ3v) is 8.41. The maximum absolute atomic E-state index is 13.3. The van der Waals surface area contributed by atoms with Crippen molar-refractivity contribution in [3.63, 3.8) is 0 Å². The van der Waals surface area contributed by atoms with Gasteiger partial charge in [-0.1, -0.05) is 0 Å². The quantitative estimate of drug-likeness (QED) is 0.248. The molecule has 0 bridgehead atoms. The Balaban J connectivity index is 6.27. The van der Waals surface area contributed by atoms with Crippen LogP contribution in [0.2, 0.25) is 0 Å². The highest BCUT2D eigenvalue weighted by molar-refractivity contribution is 7.57. The van der Waals surface area contributed by atoms with E-state index < -0.39 is 44.9 Å². The highest BCUT2D eigenvalue weighted by Gasteiger charge is 2.51. The predicted molar refractivity (Wildman–Crippen MR) is 107 cm³/mol. The van der Waals surface area contributed by atoms with Crippen LogP contribution in [0.5, 0.6) is 0 Å². The smallest absolute Gasteiger partial charge is 0.344 e. The molecule has 172 valence electrons. The molecule has 0 saturated heterocycles. The van der Waals surface area contributed by atoms with Gasteiger partial charge in [0.15, 0.2) is 11.3 Å². The lowest BCUT2D eigenvalue weighted by molar-refractivity contribution is -0.144. The van der Waals surface area contributed by atoms with Crippen molar-refractivity contribution in [1.82, 2.24) is 0 Å². The van der Waals surface area contributed by atoms with Crippen LogP contribution in [0.25, 0.3) is 0 Å². The number of ether oxygens (including phenoxy) is 2. The predicted octanol–water partition coefficient (Wildman–Crippen LogP) is 3.77. The number of carbonyl (C=O) groups excluding carboxylic acids is 2. The summed E-state index contributed by atoms with van der Waals surface area (Å²) in [6, 6.07) is 0. The lowest BCUT2D eigenvalue weighted by Crippen LogP contribution is -2.35. The van der Waals surface area contributed by atoms with E-state index in [9.17, 15) is 18.7 Å². The zero-order valence-electron chi connectivity index (χ0n) is 18.1. The van der Waals surface area contributed by atoms with Crippen LogP contribution in [0.1, 0.15) is 48.0 Å². The van der Waals surface area contributed by atoms with Gasteiger partial charge in [0.25, 0.3) is 0 Å². The van der Waals surface area contributed by atoms with Gasteiger partial charge >= 0.3 is 27.1 Å². The van der Waals surface area contributed by atoms with E-state index in [-0.39, 0.29) is 39.6 Å². The largest absolute Gasteiger partial charge is 0.465 e. The third kappa shape index (κ3) is 8.48. The summed E-state index contributed by atoms with van der Waals surface area (Å²) in [5, 5.41) is 0. The van der Waals surface area contributed by atoms with Crippen molar-refractivity contribution in [2.45, 2.75) is 59.3 Å². The van der Waals surface area contributed by atoms with Crippen LogP contribution in [0.3, 0.4) is 0 Å². The average Bonchev–Trinajstić information content (AvgIpc) is 2.63. The molecule has 0 rings (SSSR count). The zero-order valence-corrected chi connectivity index (χ0v) is 19.9. The molecule has 0 aromatic rings. The van der Waals surface area contributed by atoms with Crippen LogP contribution in [-0.2, 0) is 46.3 Å². The number of esters is 2.